The molecule has 0 aliphatic rings. The zero-order chi connectivity index (χ0) is 16.2. The molecule has 0 aliphatic carbocycles. The fourth-order valence-electron chi connectivity index (χ4n) is 1.98. The molecule has 0 amide bonds. The van der Waals surface area contributed by atoms with Crippen LogP contribution in [0.25, 0.3) is 0 Å². The van der Waals surface area contributed by atoms with Gasteiger partial charge in [0.15, 0.2) is 9.84 Å². The highest BCUT2D eigenvalue weighted by atomic mass is 32.2. The summed E-state index contributed by atoms with van der Waals surface area (Å²) < 4.78 is 29.5. The molecule has 0 bridgehead atoms. The highest BCUT2D eigenvalue weighted by Gasteiger charge is 2.16. The van der Waals surface area contributed by atoms with E-state index in [9.17, 15) is 8.42 Å². The Morgan fingerprint density at radius 3 is 2.73 bits per heavy atom. The highest BCUT2D eigenvalue weighted by Crippen LogP contribution is 2.16. The second-order valence-corrected chi connectivity index (χ2v) is 6.88. The van der Waals surface area contributed by atoms with Crippen LogP contribution in [0.4, 0.5) is 0 Å². The molecule has 2 aromatic rings. The molecule has 1 aromatic carbocycles. The van der Waals surface area contributed by atoms with Gasteiger partial charge in [-0.05, 0) is 24.6 Å². The number of methoxy groups -OCH3 is 1. The van der Waals surface area contributed by atoms with Gasteiger partial charge in [-0.15, -0.1) is 0 Å². The first-order chi connectivity index (χ1) is 10.4. The Hall–Kier alpha value is -2.46. The Bertz CT molecular complexity index is 826. The summed E-state index contributed by atoms with van der Waals surface area (Å²) in [5.74, 6) is -0.284. The second kappa shape index (κ2) is 6.54. The van der Waals surface area contributed by atoms with Gasteiger partial charge in [0.25, 0.3) is 0 Å². The number of hydrogen-bond acceptors (Lipinski definition) is 6. The highest BCUT2D eigenvalue weighted by molar-refractivity contribution is 7.89. The van der Waals surface area contributed by atoms with Crippen molar-refractivity contribution in [3.05, 3.63) is 52.8 Å². The van der Waals surface area contributed by atoms with Gasteiger partial charge in [0.1, 0.15) is 0 Å². The summed E-state index contributed by atoms with van der Waals surface area (Å²) in [4.78, 5) is 8.01. The smallest absolute Gasteiger partial charge is 0.316 e. The quantitative estimate of drug-likeness (QED) is 0.834. The fourth-order valence-corrected chi connectivity index (χ4v) is 3.53. The first-order valence-corrected chi connectivity index (χ1v) is 8.31. The molecule has 0 unspecified atom stereocenters. The lowest BCUT2D eigenvalue weighted by Crippen LogP contribution is -2.10. The topological polar surface area (TPSA) is 92.9 Å². The van der Waals surface area contributed by atoms with Crippen LogP contribution >= 0.6 is 0 Å². The average Bonchev–Trinajstić information content (AvgIpc) is 2.48. The Labute approximate surface area is 129 Å². The van der Waals surface area contributed by atoms with Gasteiger partial charge in [0.05, 0.1) is 30.2 Å². The molecular formula is C15H15N3O3S. The number of sulfone groups is 1. The largest absolute Gasteiger partial charge is 0.467 e. The van der Waals surface area contributed by atoms with Crippen LogP contribution in [-0.4, -0.2) is 25.5 Å². The van der Waals surface area contributed by atoms with Crippen molar-refractivity contribution in [1.82, 2.24) is 9.97 Å². The fraction of sp³-hybridized carbons (Fsp3) is 0.267. The normalized spacial score (nSPS) is 11.0. The van der Waals surface area contributed by atoms with Crippen LogP contribution in [0.15, 0.2) is 30.5 Å². The lowest BCUT2D eigenvalue weighted by atomic mass is 10.2. The molecule has 0 saturated carbocycles. The lowest BCUT2D eigenvalue weighted by molar-refractivity contribution is 0.378. The molecule has 114 valence electrons. The van der Waals surface area contributed by atoms with Crippen molar-refractivity contribution >= 4 is 9.84 Å². The third kappa shape index (κ3) is 4.02. The predicted molar refractivity (Wildman–Crippen MR) is 80.8 cm³/mol. The summed E-state index contributed by atoms with van der Waals surface area (Å²) in [5, 5.41) is 8.85. The van der Waals surface area contributed by atoms with E-state index < -0.39 is 9.84 Å². The van der Waals surface area contributed by atoms with E-state index in [4.69, 9.17) is 10.00 Å². The zero-order valence-corrected chi connectivity index (χ0v) is 13.1. The summed E-state index contributed by atoms with van der Waals surface area (Å²) in [7, 11) is -1.93. The van der Waals surface area contributed by atoms with Crippen molar-refractivity contribution < 1.29 is 13.2 Å². The SMILES string of the molecule is COc1ncc(CS(=O)(=O)Cc2cccc(C#N)c2)c(C)n1. The lowest BCUT2D eigenvalue weighted by Gasteiger charge is -2.08. The zero-order valence-electron chi connectivity index (χ0n) is 12.3. The molecule has 7 heteroatoms. The summed E-state index contributed by atoms with van der Waals surface area (Å²) in [6.45, 7) is 1.71. The van der Waals surface area contributed by atoms with Gasteiger partial charge in [0, 0.05) is 17.5 Å². The van der Waals surface area contributed by atoms with Gasteiger partial charge < -0.3 is 4.74 Å². The average molecular weight is 317 g/mol. The third-order valence-corrected chi connectivity index (χ3v) is 4.58. The van der Waals surface area contributed by atoms with E-state index in [0.717, 1.165) is 0 Å². The Balaban J connectivity index is 2.19. The monoisotopic (exact) mass is 317 g/mol. The minimum absolute atomic E-state index is 0.131. The molecule has 0 N–H and O–H groups in total. The molecule has 1 heterocycles. The maximum Gasteiger partial charge on any atom is 0.316 e. The van der Waals surface area contributed by atoms with E-state index in [0.29, 0.717) is 22.4 Å². The molecule has 1 aromatic heterocycles. The minimum atomic E-state index is -3.38. The number of aryl methyl sites for hydroxylation is 1. The standard InChI is InChI=1S/C15H15N3O3S/c1-11-14(8-17-15(18-11)21-2)10-22(19,20)9-13-5-3-4-12(6-13)7-16/h3-6,8H,9-10H2,1-2H3. The molecule has 0 spiro atoms. The van der Waals surface area contributed by atoms with E-state index in [2.05, 4.69) is 9.97 Å². The molecule has 0 saturated heterocycles. The summed E-state index contributed by atoms with van der Waals surface area (Å²) in [5.41, 5.74) is 2.14. The van der Waals surface area contributed by atoms with Crippen LogP contribution in [0.2, 0.25) is 0 Å². The number of ether oxygens (including phenoxy) is 1. The molecular weight excluding hydrogens is 302 g/mol. The molecule has 0 fully saturated rings. The van der Waals surface area contributed by atoms with Gasteiger partial charge >= 0.3 is 6.01 Å². The summed E-state index contributed by atoms with van der Waals surface area (Å²) in [6.07, 6.45) is 1.46. The summed E-state index contributed by atoms with van der Waals surface area (Å²) in [6, 6.07) is 8.78. The maximum absolute atomic E-state index is 12.3. The van der Waals surface area contributed by atoms with E-state index >= 15 is 0 Å². The first kappa shape index (κ1) is 15.9. The second-order valence-electron chi connectivity index (χ2n) is 4.81. The van der Waals surface area contributed by atoms with Gasteiger partial charge in [0.2, 0.25) is 0 Å². The van der Waals surface area contributed by atoms with E-state index in [-0.39, 0.29) is 17.5 Å². The molecule has 0 radical (unpaired) electrons. The van der Waals surface area contributed by atoms with Gasteiger partial charge in [-0.25, -0.2) is 18.4 Å². The van der Waals surface area contributed by atoms with Crippen LogP contribution in [0.1, 0.15) is 22.4 Å². The van der Waals surface area contributed by atoms with E-state index in [1.807, 2.05) is 6.07 Å². The van der Waals surface area contributed by atoms with Crippen LogP contribution in [0.5, 0.6) is 6.01 Å². The number of rotatable bonds is 5. The Kier molecular flexibility index (Phi) is 4.73. The summed E-state index contributed by atoms with van der Waals surface area (Å²) >= 11 is 0. The van der Waals surface area contributed by atoms with Crippen LogP contribution in [0.3, 0.4) is 0 Å². The van der Waals surface area contributed by atoms with Crippen molar-refractivity contribution in [2.45, 2.75) is 18.4 Å². The molecule has 22 heavy (non-hydrogen) atoms. The van der Waals surface area contributed by atoms with Gasteiger partial charge in [-0.3, -0.25) is 0 Å². The van der Waals surface area contributed by atoms with Crippen LogP contribution in [-0.2, 0) is 21.3 Å². The van der Waals surface area contributed by atoms with Gasteiger partial charge in [-0.1, -0.05) is 12.1 Å². The van der Waals surface area contributed by atoms with Crippen molar-refractivity contribution in [1.29, 1.82) is 5.26 Å². The number of aromatic nitrogens is 2. The number of hydrogen-bond donors (Lipinski definition) is 0. The molecule has 6 nitrogen and oxygen atoms in total. The number of nitrogens with zero attached hydrogens (tertiary/aromatic N) is 3. The van der Waals surface area contributed by atoms with Crippen molar-refractivity contribution in [2.24, 2.45) is 0 Å². The van der Waals surface area contributed by atoms with Crippen molar-refractivity contribution in [2.75, 3.05) is 7.11 Å². The Morgan fingerprint density at radius 1 is 1.32 bits per heavy atom. The number of nitriles is 1. The van der Waals surface area contributed by atoms with Crippen LogP contribution in [0, 0.1) is 18.3 Å². The first-order valence-electron chi connectivity index (χ1n) is 6.49. The Morgan fingerprint density at radius 2 is 2.09 bits per heavy atom. The maximum atomic E-state index is 12.3. The van der Waals surface area contributed by atoms with E-state index in [1.54, 1.807) is 31.2 Å². The van der Waals surface area contributed by atoms with Gasteiger partial charge in [-0.2, -0.15) is 5.26 Å². The predicted octanol–water partition coefficient (Wildman–Crippen LogP) is 1.78. The minimum Gasteiger partial charge on any atom is -0.467 e. The molecule has 2 rings (SSSR count). The third-order valence-electron chi connectivity index (χ3n) is 3.06. The molecule has 0 atom stereocenters. The molecule has 0 aliphatic heterocycles. The van der Waals surface area contributed by atoms with Crippen molar-refractivity contribution in [3.63, 3.8) is 0 Å². The van der Waals surface area contributed by atoms with Crippen molar-refractivity contribution in [3.8, 4) is 12.1 Å². The van der Waals surface area contributed by atoms with Crippen LogP contribution < -0.4 is 4.74 Å². The number of benzene rings is 1. The van der Waals surface area contributed by atoms with E-state index in [1.165, 1.54) is 13.3 Å².